The standard InChI is InChI=1S/C11H24.2C3H8.C2H6/c1-5-8-11(7-3)9-10(4)6-2;2*1-3-2;1-2/h10-11H,5-9H2,1-4H3;2*3H2,1-2H3;1-2H3. The van der Waals surface area contributed by atoms with Crippen molar-refractivity contribution < 1.29 is 0 Å². The molecule has 0 rings (SSSR count). The van der Waals surface area contributed by atoms with Gasteiger partial charge in [0.15, 0.2) is 0 Å². The van der Waals surface area contributed by atoms with E-state index in [1.54, 1.807) is 0 Å². The van der Waals surface area contributed by atoms with Gasteiger partial charge in [0.05, 0.1) is 0 Å². The molecule has 0 radical (unpaired) electrons. The van der Waals surface area contributed by atoms with Gasteiger partial charge in [-0.2, -0.15) is 0 Å². The smallest absolute Gasteiger partial charge is 0.0414 e. The minimum atomic E-state index is 0.937. The van der Waals surface area contributed by atoms with Gasteiger partial charge in [-0.3, -0.25) is 0 Å². The average Bonchev–Trinajstić information content (AvgIpc) is 2.42. The molecule has 0 heteroatoms. The molecule has 0 heterocycles. The molecule has 0 saturated carbocycles. The lowest BCUT2D eigenvalue weighted by Crippen LogP contribution is -2.04. The van der Waals surface area contributed by atoms with Crippen LogP contribution in [-0.2, 0) is 0 Å². The van der Waals surface area contributed by atoms with Crippen molar-refractivity contribution in [3.63, 3.8) is 0 Å². The van der Waals surface area contributed by atoms with E-state index in [0.29, 0.717) is 0 Å². The first-order valence-electron chi connectivity index (χ1n) is 9.07. The predicted octanol–water partition coefficient (Wildman–Crippen LogP) is 8.11. The summed E-state index contributed by atoms with van der Waals surface area (Å²) < 4.78 is 0. The Morgan fingerprint density at radius 2 is 1.05 bits per heavy atom. The SMILES string of the molecule is CC.CCC.CCC.CCCC(CC)CC(C)CC. The molecule has 19 heavy (non-hydrogen) atoms. The van der Waals surface area contributed by atoms with E-state index < -0.39 is 0 Å². The van der Waals surface area contributed by atoms with E-state index in [-0.39, 0.29) is 0 Å². The summed E-state index contributed by atoms with van der Waals surface area (Å²) in [7, 11) is 0. The summed E-state index contributed by atoms with van der Waals surface area (Å²) in [5, 5.41) is 0. The van der Waals surface area contributed by atoms with Crippen molar-refractivity contribution in [2.24, 2.45) is 11.8 Å². The maximum absolute atomic E-state index is 2.37. The Hall–Kier alpha value is 0. The van der Waals surface area contributed by atoms with Crippen LogP contribution in [0.5, 0.6) is 0 Å². The highest BCUT2D eigenvalue weighted by atomic mass is 14.1. The van der Waals surface area contributed by atoms with Gasteiger partial charge in [0, 0.05) is 0 Å². The predicted molar refractivity (Wildman–Crippen MR) is 96.0 cm³/mol. The van der Waals surface area contributed by atoms with Crippen LogP contribution >= 0.6 is 0 Å². The van der Waals surface area contributed by atoms with Crippen molar-refractivity contribution in [3.05, 3.63) is 0 Å². The highest BCUT2D eigenvalue weighted by Gasteiger charge is 2.08. The highest BCUT2D eigenvalue weighted by molar-refractivity contribution is 4.60. The van der Waals surface area contributed by atoms with Gasteiger partial charge in [0.1, 0.15) is 0 Å². The van der Waals surface area contributed by atoms with Gasteiger partial charge in [0.25, 0.3) is 0 Å². The second-order valence-corrected chi connectivity index (χ2v) is 5.23. The zero-order valence-electron chi connectivity index (χ0n) is 16.1. The normalized spacial score (nSPS) is 11.7. The van der Waals surface area contributed by atoms with Crippen molar-refractivity contribution in [2.75, 3.05) is 0 Å². The molecule has 0 aromatic heterocycles. The highest BCUT2D eigenvalue weighted by Crippen LogP contribution is 2.21. The maximum atomic E-state index is 2.37. The van der Waals surface area contributed by atoms with Crippen LogP contribution in [0.15, 0.2) is 0 Å². The zero-order chi connectivity index (χ0) is 16.1. The molecular formula is C19H46. The first-order valence-corrected chi connectivity index (χ1v) is 9.07. The third-order valence-corrected chi connectivity index (χ3v) is 2.71. The van der Waals surface area contributed by atoms with Crippen molar-refractivity contribution in [1.82, 2.24) is 0 Å². The Balaban J connectivity index is -0.000000117. The largest absolute Gasteiger partial charge is 0.0683 e. The molecule has 122 valence electrons. The summed E-state index contributed by atoms with van der Waals surface area (Å²) in [5.41, 5.74) is 0. The molecule has 0 aromatic rings. The van der Waals surface area contributed by atoms with Crippen LogP contribution in [0, 0.1) is 11.8 Å². The summed E-state index contributed by atoms with van der Waals surface area (Å²) in [6.07, 6.45) is 9.45. The Kier molecular flexibility index (Phi) is 44.3. The molecule has 0 fully saturated rings. The number of hydrogen-bond donors (Lipinski definition) is 0. The van der Waals surface area contributed by atoms with Crippen molar-refractivity contribution in [3.8, 4) is 0 Å². The van der Waals surface area contributed by atoms with E-state index in [4.69, 9.17) is 0 Å². The fraction of sp³-hybridized carbons (Fsp3) is 1.00. The van der Waals surface area contributed by atoms with E-state index >= 15 is 0 Å². The van der Waals surface area contributed by atoms with Crippen LogP contribution in [0.1, 0.15) is 114 Å². The number of rotatable bonds is 6. The lowest BCUT2D eigenvalue weighted by molar-refractivity contribution is 0.352. The maximum Gasteiger partial charge on any atom is -0.0414 e. The second kappa shape index (κ2) is 30.8. The molecule has 0 saturated heterocycles. The first kappa shape index (κ1) is 27.4. The Labute approximate surface area is 126 Å². The minimum Gasteiger partial charge on any atom is -0.0683 e. The summed E-state index contributed by atoms with van der Waals surface area (Å²) in [5.74, 6) is 1.93. The average molecular weight is 275 g/mol. The van der Waals surface area contributed by atoms with Crippen molar-refractivity contribution in [1.29, 1.82) is 0 Å². The molecule has 0 aromatic carbocycles. The first-order chi connectivity index (χ1) is 9.07. The molecule has 0 bridgehead atoms. The zero-order valence-corrected chi connectivity index (χ0v) is 16.1. The Bertz CT molecular complexity index is 94.2. The van der Waals surface area contributed by atoms with Crippen LogP contribution in [0.4, 0.5) is 0 Å². The van der Waals surface area contributed by atoms with E-state index in [9.17, 15) is 0 Å². The van der Waals surface area contributed by atoms with Gasteiger partial charge >= 0.3 is 0 Å². The summed E-state index contributed by atoms with van der Waals surface area (Å²) in [6, 6.07) is 0. The van der Waals surface area contributed by atoms with Gasteiger partial charge in [-0.1, -0.05) is 108 Å². The minimum absolute atomic E-state index is 0.937. The van der Waals surface area contributed by atoms with Crippen molar-refractivity contribution >= 4 is 0 Å². The quantitative estimate of drug-likeness (QED) is 0.459. The summed E-state index contributed by atoms with van der Waals surface area (Å²) >= 11 is 0. The van der Waals surface area contributed by atoms with E-state index in [1.165, 1.54) is 44.9 Å². The molecule has 0 nitrogen and oxygen atoms in total. The van der Waals surface area contributed by atoms with E-state index in [2.05, 4.69) is 55.4 Å². The third-order valence-electron chi connectivity index (χ3n) is 2.71. The molecule has 0 amide bonds. The van der Waals surface area contributed by atoms with Crippen LogP contribution in [-0.4, -0.2) is 0 Å². The molecule has 0 aliphatic heterocycles. The van der Waals surface area contributed by atoms with E-state index in [0.717, 1.165) is 11.8 Å². The van der Waals surface area contributed by atoms with Crippen LogP contribution < -0.4 is 0 Å². The molecule has 2 unspecified atom stereocenters. The fourth-order valence-electron chi connectivity index (χ4n) is 1.63. The van der Waals surface area contributed by atoms with Gasteiger partial charge in [-0.15, -0.1) is 0 Å². The monoisotopic (exact) mass is 274 g/mol. The van der Waals surface area contributed by atoms with E-state index in [1.807, 2.05) is 13.8 Å². The lowest BCUT2D eigenvalue weighted by atomic mass is 9.89. The molecular weight excluding hydrogens is 228 g/mol. The summed E-state index contributed by atoms with van der Waals surface area (Å²) in [4.78, 5) is 0. The lowest BCUT2D eigenvalue weighted by Gasteiger charge is -2.17. The Morgan fingerprint density at radius 3 is 1.26 bits per heavy atom. The molecule has 0 aliphatic carbocycles. The molecule has 0 aliphatic rings. The van der Waals surface area contributed by atoms with Crippen LogP contribution in [0.2, 0.25) is 0 Å². The Morgan fingerprint density at radius 1 is 0.684 bits per heavy atom. The van der Waals surface area contributed by atoms with Gasteiger partial charge in [-0.25, -0.2) is 0 Å². The molecule has 0 spiro atoms. The topological polar surface area (TPSA) is 0 Å². The number of hydrogen-bond acceptors (Lipinski definition) is 0. The fourth-order valence-corrected chi connectivity index (χ4v) is 1.63. The van der Waals surface area contributed by atoms with Gasteiger partial charge < -0.3 is 0 Å². The van der Waals surface area contributed by atoms with Gasteiger partial charge in [0.2, 0.25) is 0 Å². The van der Waals surface area contributed by atoms with Crippen molar-refractivity contribution in [2.45, 2.75) is 114 Å². The molecule has 0 N–H and O–H groups in total. The third kappa shape index (κ3) is 38.1. The summed E-state index contributed by atoms with van der Waals surface area (Å²) in [6.45, 7) is 21.8. The molecule has 2 atom stereocenters. The van der Waals surface area contributed by atoms with Crippen LogP contribution in [0.3, 0.4) is 0 Å². The van der Waals surface area contributed by atoms with Crippen LogP contribution in [0.25, 0.3) is 0 Å². The van der Waals surface area contributed by atoms with Gasteiger partial charge in [-0.05, 0) is 18.3 Å². The second-order valence-electron chi connectivity index (χ2n) is 5.23.